The number of rotatable bonds is 5. The van der Waals surface area contributed by atoms with Crippen LogP contribution in [-0.2, 0) is 20.7 Å². The molecule has 1 heterocycles. The minimum absolute atomic E-state index is 0.235. The van der Waals surface area contributed by atoms with E-state index in [0.29, 0.717) is 13.2 Å². The Morgan fingerprint density at radius 2 is 1.82 bits per heavy atom. The normalized spacial score (nSPS) is 12.8. The topological polar surface area (TPSA) is 75.7 Å². The Hall–Kier alpha value is -3.15. The molecular formula is C22H24N2O4. The van der Waals surface area contributed by atoms with Crippen LogP contribution in [0, 0.1) is 0 Å². The molecule has 2 aromatic rings. The summed E-state index contributed by atoms with van der Waals surface area (Å²) in [7, 11) is 0. The van der Waals surface area contributed by atoms with E-state index in [1.165, 1.54) is 4.90 Å². The molecule has 1 aliphatic rings. The van der Waals surface area contributed by atoms with E-state index < -0.39 is 17.8 Å². The van der Waals surface area contributed by atoms with Crippen LogP contribution >= 0.6 is 0 Å². The van der Waals surface area contributed by atoms with Crippen LogP contribution < -0.4 is 10.2 Å². The molecule has 0 fully saturated rings. The Bertz CT molecular complexity index is 878. The summed E-state index contributed by atoms with van der Waals surface area (Å²) in [6.45, 7) is 2.82. The lowest BCUT2D eigenvalue weighted by atomic mass is 10.0. The smallest absolute Gasteiger partial charge is 0.340 e. The Morgan fingerprint density at radius 1 is 1.07 bits per heavy atom. The van der Waals surface area contributed by atoms with Crippen molar-refractivity contribution < 1.29 is 19.1 Å². The SMILES string of the molecule is CCCCOC(=O)c1ccccc1NC(=O)C(=O)N1CCCc2ccccc21. The first-order valence-corrected chi connectivity index (χ1v) is 9.58. The molecule has 2 amide bonds. The molecule has 28 heavy (non-hydrogen) atoms. The van der Waals surface area contributed by atoms with Crippen LogP contribution in [0.15, 0.2) is 48.5 Å². The molecule has 3 rings (SSSR count). The highest BCUT2D eigenvalue weighted by atomic mass is 16.5. The second-order valence-electron chi connectivity index (χ2n) is 6.68. The third-order valence-corrected chi connectivity index (χ3v) is 4.68. The van der Waals surface area contributed by atoms with Crippen LogP contribution in [0.2, 0.25) is 0 Å². The molecule has 6 nitrogen and oxygen atoms in total. The van der Waals surface area contributed by atoms with Gasteiger partial charge in [-0.2, -0.15) is 0 Å². The van der Waals surface area contributed by atoms with E-state index in [4.69, 9.17) is 4.74 Å². The molecule has 0 saturated heterocycles. The van der Waals surface area contributed by atoms with E-state index >= 15 is 0 Å². The van der Waals surface area contributed by atoms with Crippen molar-refractivity contribution in [2.45, 2.75) is 32.6 Å². The number of esters is 1. The number of fused-ring (bicyclic) bond motifs is 1. The highest BCUT2D eigenvalue weighted by Crippen LogP contribution is 2.27. The maximum absolute atomic E-state index is 12.8. The van der Waals surface area contributed by atoms with Gasteiger partial charge >= 0.3 is 17.8 Å². The minimum Gasteiger partial charge on any atom is -0.462 e. The van der Waals surface area contributed by atoms with Gasteiger partial charge in [-0.15, -0.1) is 0 Å². The zero-order valence-corrected chi connectivity index (χ0v) is 15.9. The first kappa shape index (κ1) is 19.6. The van der Waals surface area contributed by atoms with Gasteiger partial charge in [0.15, 0.2) is 0 Å². The highest BCUT2D eigenvalue weighted by molar-refractivity contribution is 6.44. The second kappa shape index (κ2) is 9.17. The Labute approximate surface area is 164 Å². The predicted molar refractivity (Wildman–Crippen MR) is 107 cm³/mol. The lowest BCUT2D eigenvalue weighted by molar-refractivity contribution is -0.134. The molecule has 0 atom stereocenters. The van der Waals surface area contributed by atoms with Gasteiger partial charge in [-0.1, -0.05) is 43.7 Å². The van der Waals surface area contributed by atoms with E-state index in [1.807, 2.05) is 31.2 Å². The van der Waals surface area contributed by atoms with Crippen LogP contribution in [0.5, 0.6) is 0 Å². The third kappa shape index (κ3) is 4.39. The molecule has 0 bridgehead atoms. The fraction of sp³-hybridized carbons (Fsp3) is 0.318. The number of para-hydroxylation sites is 2. The van der Waals surface area contributed by atoms with Gasteiger partial charge in [-0.3, -0.25) is 9.59 Å². The van der Waals surface area contributed by atoms with Gasteiger partial charge in [0, 0.05) is 12.2 Å². The van der Waals surface area contributed by atoms with Crippen molar-refractivity contribution in [1.82, 2.24) is 0 Å². The quantitative estimate of drug-likeness (QED) is 0.489. The van der Waals surface area contributed by atoms with Gasteiger partial charge in [-0.05, 0) is 43.0 Å². The van der Waals surface area contributed by atoms with Crippen molar-refractivity contribution >= 4 is 29.2 Å². The number of ether oxygens (including phenoxy) is 1. The monoisotopic (exact) mass is 380 g/mol. The summed E-state index contributed by atoms with van der Waals surface area (Å²) in [5.74, 6) is -1.92. The van der Waals surface area contributed by atoms with E-state index in [1.54, 1.807) is 24.3 Å². The predicted octanol–water partition coefficient (Wildman–Crippen LogP) is 3.56. The summed E-state index contributed by atoms with van der Waals surface area (Å²) in [5.41, 5.74) is 2.32. The number of unbranched alkanes of at least 4 members (excludes halogenated alkanes) is 1. The molecule has 0 radical (unpaired) electrons. The number of carbonyl (C=O) groups is 3. The largest absolute Gasteiger partial charge is 0.462 e. The lowest BCUT2D eigenvalue weighted by Crippen LogP contribution is -2.42. The molecule has 0 unspecified atom stereocenters. The molecule has 6 heteroatoms. The van der Waals surface area contributed by atoms with Crippen LogP contribution in [-0.4, -0.2) is 30.9 Å². The molecule has 1 aliphatic heterocycles. The van der Waals surface area contributed by atoms with Gasteiger partial charge in [0.25, 0.3) is 0 Å². The Morgan fingerprint density at radius 3 is 2.64 bits per heavy atom. The molecule has 2 aromatic carbocycles. The summed E-state index contributed by atoms with van der Waals surface area (Å²) in [6.07, 6.45) is 3.37. The molecule has 1 N–H and O–H groups in total. The highest BCUT2D eigenvalue weighted by Gasteiger charge is 2.28. The van der Waals surface area contributed by atoms with Crippen LogP contribution in [0.25, 0.3) is 0 Å². The first-order chi connectivity index (χ1) is 13.6. The van der Waals surface area contributed by atoms with Gasteiger partial charge < -0.3 is 15.0 Å². The second-order valence-corrected chi connectivity index (χ2v) is 6.68. The Balaban J connectivity index is 1.73. The number of hydrogen-bond donors (Lipinski definition) is 1. The molecule has 0 saturated carbocycles. The summed E-state index contributed by atoms with van der Waals surface area (Å²) < 4.78 is 5.23. The number of nitrogens with zero attached hydrogens (tertiary/aromatic N) is 1. The van der Waals surface area contributed by atoms with Crippen molar-refractivity contribution in [3.8, 4) is 0 Å². The van der Waals surface area contributed by atoms with Crippen molar-refractivity contribution in [2.75, 3.05) is 23.4 Å². The number of nitrogens with one attached hydrogen (secondary N) is 1. The summed E-state index contributed by atoms with van der Waals surface area (Å²) in [5, 5.41) is 2.58. The van der Waals surface area contributed by atoms with Gasteiger partial charge in [0.2, 0.25) is 0 Å². The van der Waals surface area contributed by atoms with E-state index in [2.05, 4.69) is 5.32 Å². The maximum atomic E-state index is 12.8. The van der Waals surface area contributed by atoms with Crippen molar-refractivity contribution in [2.24, 2.45) is 0 Å². The summed E-state index contributed by atoms with van der Waals surface area (Å²) in [6, 6.07) is 14.1. The van der Waals surface area contributed by atoms with E-state index in [0.717, 1.165) is 36.9 Å². The number of benzene rings is 2. The molecule has 0 aromatic heterocycles. The average Bonchev–Trinajstić information content (AvgIpc) is 2.73. The van der Waals surface area contributed by atoms with Crippen molar-refractivity contribution in [3.63, 3.8) is 0 Å². The van der Waals surface area contributed by atoms with Gasteiger partial charge in [0.05, 0.1) is 17.9 Å². The molecular weight excluding hydrogens is 356 g/mol. The zero-order chi connectivity index (χ0) is 19.9. The van der Waals surface area contributed by atoms with Crippen molar-refractivity contribution in [3.05, 3.63) is 59.7 Å². The third-order valence-electron chi connectivity index (χ3n) is 4.68. The summed E-state index contributed by atoms with van der Waals surface area (Å²) in [4.78, 5) is 39.1. The fourth-order valence-electron chi connectivity index (χ4n) is 3.20. The minimum atomic E-state index is -0.773. The number of aryl methyl sites for hydroxylation is 1. The Kier molecular flexibility index (Phi) is 6.42. The molecule has 0 aliphatic carbocycles. The zero-order valence-electron chi connectivity index (χ0n) is 15.9. The number of anilines is 2. The van der Waals surface area contributed by atoms with Gasteiger partial charge in [0.1, 0.15) is 0 Å². The first-order valence-electron chi connectivity index (χ1n) is 9.58. The fourth-order valence-corrected chi connectivity index (χ4v) is 3.20. The summed E-state index contributed by atoms with van der Waals surface area (Å²) >= 11 is 0. The molecule has 0 spiro atoms. The van der Waals surface area contributed by atoms with E-state index in [9.17, 15) is 14.4 Å². The number of hydrogen-bond acceptors (Lipinski definition) is 4. The van der Waals surface area contributed by atoms with Crippen LogP contribution in [0.4, 0.5) is 11.4 Å². The lowest BCUT2D eigenvalue weighted by Gasteiger charge is -2.28. The van der Waals surface area contributed by atoms with E-state index in [-0.39, 0.29) is 11.3 Å². The average molecular weight is 380 g/mol. The van der Waals surface area contributed by atoms with Crippen LogP contribution in [0.1, 0.15) is 42.1 Å². The maximum Gasteiger partial charge on any atom is 0.340 e. The van der Waals surface area contributed by atoms with Gasteiger partial charge in [-0.25, -0.2) is 4.79 Å². The number of carbonyl (C=O) groups excluding carboxylic acids is 3. The van der Waals surface area contributed by atoms with Crippen molar-refractivity contribution in [1.29, 1.82) is 0 Å². The standard InChI is InChI=1S/C22H24N2O4/c1-2-3-15-28-22(27)17-11-5-6-12-18(17)23-20(25)21(26)24-14-8-10-16-9-4-7-13-19(16)24/h4-7,9,11-13H,2-3,8,10,14-15H2,1H3,(H,23,25). The number of amides is 2. The molecule has 146 valence electrons. The van der Waals surface area contributed by atoms with Crippen LogP contribution in [0.3, 0.4) is 0 Å².